The Labute approximate surface area is 118 Å². The number of hydrogen-bond donors (Lipinski definition) is 1. The van der Waals surface area contributed by atoms with Gasteiger partial charge in [-0.2, -0.15) is 0 Å². The molecule has 0 saturated heterocycles. The van der Waals surface area contributed by atoms with E-state index in [2.05, 4.69) is 11.8 Å². The Balaban J connectivity index is 1.88. The first-order valence-electron chi connectivity index (χ1n) is 6.63. The van der Waals surface area contributed by atoms with E-state index in [0.717, 1.165) is 23.3 Å². The number of hydrogen-bond acceptors (Lipinski definition) is 3. The van der Waals surface area contributed by atoms with Crippen molar-refractivity contribution in [2.45, 2.75) is 32.2 Å². The molecule has 1 amide bonds. The van der Waals surface area contributed by atoms with E-state index < -0.39 is 0 Å². The average Bonchev–Trinajstić information content (AvgIpc) is 2.75. The minimum Gasteiger partial charge on any atom is -0.395 e. The van der Waals surface area contributed by atoms with Crippen molar-refractivity contribution in [1.82, 2.24) is 4.90 Å². The van der Waals surface area contributed by atoms with Crippen molar-refractivity contribution in [2.75, 3.05) is 13.7 Å². The van der Waals surface area contributed by atoms with Crippen LogP contribution in [0.3, 0.4) is 0 Å². The summed E-state index contributed by atoms with van der Waals surface area (Å²) in [6.45, 7) is 0.761. The van der Waals surface area contributed by atoms with Crippen LogP contribution in [0, 0.1) is 17.8 Å². The maximum absolute atomic E-state index is 12.0. The lowest BCUT2D eigenvalue weighted by molar-refractivity contribution is -0.137. The fourth-order valence-corrected chi connectivity index (χ4v) is 2.82. The van der Waals surface area contributed by atoms with E-state index >= 15 is 0 Å². The summed E-state index contributed by atoms with van der Waals surface area (Å²) < 4.78 is 0. The summed E-state index contributed by atoms with van der Waals surface area (Å²) in [6, 6.07) is 2.03. The summed E-state index contributed by atoms with van der Waals surface area (Å²) in [6.07, 6.45) is 3.79. The van der Waals surface area contributed by atoms with Gasteiger partial charge in [0.1, 0.15) is 0 Å². The third kappa shape index (κ3) is 3.82. The number of carbonyl (C=O) groups excluding carboxylic acids is 1. The van der Waals surface area contributed by atoms with Crippen molar-refractivity contribution >= 4 is 17.2 Å². The van der Waals surface area contributed by atoms with Crippen LogP contribution in [0.1, 0.15) is 36.1 Å². The van der Waals surface area contributed by atoms with Gasteiger partial charge in [0.25, 0.3) is 0 Å². The second-order valence-corrected chi connectivity index (χ2v) is 5.83. The molecule has 1 N–H and O–H groups in total. The first-order chi connectivity index (χ1) is 9.20. The molecule has 1 fully saturated rings. The zero-order valence-corrected chi connectivity index (χ0v) is 12.0. The van der Waals surface area contributed by atoms with E-state index in [9.17, 15) is 4.79 Å². The smallest absolute Gasteiger partial charge is 0.225 e. The fourth-order valence-electron chi connectivity index (χ4n) is 2.05. The topological polar surface area (TPSA) is 40.5 Å². The van der Waals surface area contributed by atoms with Crippen molar-refractivity contribution in [3.05, 3.63) is 21.9 Å². The minimum atomic E-state index is 0.101. The number of rotatable bonds is 4. The molecule has 1 saturated carbocycles. The molecule has 0 atom stereocenters. The van der Waals surface area contributed by atoms with Gasteiger partial charge in [-0.3, -0.25) is 4.79 Å². The number of amides is 1. The number of carbonyl (C=O) groups is 1. The molecule has 3 nitrogen and oxygen atoms in total. The molecule has 1 aliphatic rings. The molecule has 1 aromatic rings. The predicted molar refractivity (Wildman–Crippen MR) is 76.7 cm³/mol. The molecule has 4 heteroatoms. The van der Waals surface area contributed by atoms with Crippen molar-refractivity contribution in [2.24, 2.45) is 5.92 Å². The minimum absolute atomic E-state index is 0.101. The Morgan fingerprint density at radius 1 is 1.58 bits per heavy atom. The van der Waals surface area contributed by atoms with E-state index in [1.54, 1.807) is 11.3 Å². The third-order valence-corrected chi connectivity index (χ3v) is 4.25. The monoisotopic (exact) mass is 277 g/mol. The van der Waals surface area contributed by atoms with Crippen LogP contribution in [0.15, 0.2) is 11.4 Å². The summed E-state index contributed by atoms with van der Waals surface area (Å²) in [7, 11) is 1.87. The molecule has 0 bridgehead atoms. The highest BCUT2D eigenvalue weighted by Gasteiger charge is 2.27. The quantitative estimate of drug-likeness (QED) is 0.858. The number of aliphatic hydroxyl groups is 1. The molecule has 19 heavy (non-hydrogen) atoms. The number of thiophene rings is 1. The fraction of sp³-hybridized carbons (Fsp3) is 0.533. The van der Waals surface area contributed by atoms with Gasteiger partial charge in [0.05, 0.1) is 11.5 Å². The van der Waals surface area contributed by atoms with Crippen molar-refractivity contribution in [3.8, 4) is 11.8 Å². The molecule has 102 valence electrons. The molecule has 2 rings (SSSR count). The predicted octanol–water partition coefficient (Wildman–Crippen LogP) is 2.24. The maximum Gasteiger partial charge on any atom is 0.225 e. The van der Waals surface area contributed by atoms with Crippen LogP contribution >= 0.6 is 11.3 Å². The molecule has 1 aliphatic carbocycles. The second kappa shape index (κ2) is 6.74. The maximum atomic E-state index is 12.0. The Morgan fingerprint density at radius 2 is 2.37 bits per heavy atom. The van der Waals surface area contributed by atoms with Crippen LogP contribution in [0.4, 0.5) is 0 Å². The van der Waals surface area contributed by atoms with Gasteiger partial charge >= 0.3 is 0 Å². The van der Waals surface area contributed by atoms with Crippen molar-refractivity contribution in [1.29, 1.82) is 0 Å². The van der Waals surface area contributed by atoms with Gasteiger partial charge in [-0.05, 0) is 29.9 Å². The van der Waals surface area contributed by atoms with Crippen LogP contribution in [0.25, 0.3) is 0 Å². The van der Waals surface area contributed by atoms with Crippen LogP contribution in [-0.4, -0.2) is 29.6 Å². The molecule has 1 heterocycles. The summed E-state index contributed by atoms with van der Waals surface area (Å²) in [4.78, 5) is 14.8. The second-order valence-electron chi connectivity index (χ2n) is 4.92. The van der Waals surface area contributed by atoms with E-state index in [1.165, 1.54) is 6.42 Å². The molecule has 0 spiro atoms. The van der Waals surface area contributed by atoms with E-state index in [0.29, 0.717) is 13.0 Å². The molecule has 0 unspecified atom stereocenters. The van der Waals surface area contributed by atoms with E-state index in [-0.39, 0.29) is 18.4 Å². The van der Waals surface area contributed by atoms with Gasteiger partial charge in [-0.1, -0.05) is 18.3 Å². The Hall–Kier alpha value is -1.31. The lowest BCUT2D eigenvalue weighted by Gasteiger charge is -2.29. The highest BCUT2D eigenvalue weighted by atomic mass is 32.1. The van der Waals surface area contributed by atoms with Gasteiger partial charge in [0.2, 0.25) is 5.91 Å². The molecule has 1 aromatic heterocycles. The van der Waals surface area contributed by atoms with Crippen LogP contribution in [-0.2, 0) is 11.3 Å². The third-order valence-electron chi connectivity index (χ3n) is 3.35. The number of aliphatic hydroxyl groups excluding tert-OH is 1. The van der Waals surface area contributed by atoms with E-state index in [1.807, 2.05) is 23.4 Å². The van der Waals surface area contributed by atoms with Gasteiger partial charge in [-0.15, -0.1) is 11.3 Å². The summed E-state index contributed by atoms with van der Waals surface area (Å²) in [5.41, 5.74) is 1.13. The standard InChI is InChI=1S/C15H19NO2S/c1-16(15(18)13-5-4-6-13)10-12-9-14(19-11-12)7-2-3-8-17/h9,11,13,17H,3-6,8,10H2,1H3. The van der Waals surface area contributed by atoms with Gasteiger partial charge in [0.15, 0.2) is 0 Å². The lowest BCUT2D eigenvalue weighted by Crippen LogP contribution is -2.35. The molecular formula is C15H19NO2S. The van der Waals surface area contributed by atoms with Gasteiger partial charge in [-0.25, -0.2) is 0 Å². The lowest BCUT2D eigenvalue weighted by atomic mass is 9.84. The molecular weight excluding hydrogens is 258 g/mol. The van der Waals surface area contributed by atoms with E-state index in [4.69, 9.17) is 5.11 Å². The first-order valence-corrected chi connectivity index (χ1v) is 7.51. The van der Waals surface area contributed by atoms with Crippen molar-refractivity contribution < 1.29 is 9.90 Å². The average molecular weight is 277 g/mol. The largest absolute Gasteiger partial charge is 0.395 e. The normalized spacial score (nSPS) is 14.4. The van der Waals surface area contributed by atoms with Crippen molar-refractivity contribution in [3.63, 3.8) is 0 Å². The summed E-state index contributed by atoms with van der Waals surface area (Å²) >= 11 is 1.59. The summed E-state index contributed by atoms with van der Waals surface area (Å²) in [5, 5.41) is 10.7. The molecule has 0 aromatic carbocycles. The Bertz CT molecular complexity index is 494. The molecule has 0 aliphatic heterocycles. The highest BCUT2D eigenvalue weighted by Crippen LogP contribution is 2.28. The van der Waals surface area contributed by atoms with Crippen LogP contribution in [0.2, 0.25) is 0 Å². The zero-order valence-electron chi connectivity index (χ0n) is 11.2. The summed E-state index contributed by atoms with van der Waals surface area (Å²) in [5.74, 6) is 6.45. The van der Waals surface area contributed by atoms with Gasteiger partial charge < -0.3 is 10.0 Å². The van der Waals surface area contributed by atoms with Crippen LogP contribution < -0.4 is 0 Å². The van der Waals surface area contributed by atoms with Crippen LogP contribution in [0.5, 0.6) is 0 Å². The highest BCUT2D eigenvalue weighted by molar-refractivity contribution is 7.10. The number of nitrogens with zero attached hydrogens (tertiary/aromatic N) is 1. The van der Waals surface area contributed by atoms with Gasteiger partial charge in [0, 0.05) is 25.9 Å². The first kappa shape index (κ1) is 14.1. The Morgan fingerprint density at radius 3 is 3.00 bits per heavy atom. The zero-order chi connectivity index (χ0) is 13.7. The SMILES string of the molecule is CN(Cc1csc(C#CCCO)c1)C(=O)C1CCC1. The molecule has 0 radical (unpaired) electrons. The Kier molecular flexibility index (Phi) is 5.00.